The highest BCUT2D eigenvalue weighted by molar-refractivity contribution is 6.37. The third-order valence-corrected chi connectivity index (χ3v) is 4.18. The van der Waals surface area contributed by atoms with E-state index >= 15 is 0 Å². The van der Waals surface area contributed by atoms with Crippen LogP contribution in [0.1, 0.15) is 31.6 Å². The fraction of sp³-hybridized carbons (Fsp3) is 0.333. The molecule has 0 amide bonds. The number of fused-ring (bicyclic) bond motifs is 3. The molecule has 1 N–H and O–H groups in total. The minimum atomic E-state index is 0.770. The van der Waals surface area contributed by atoms with Gasteiger partial charge >= 0.3 is 0 Å². The number of halogens is 1. The van der Waals surface area contributed by atoms with Gasteiger partial charge in [0.2, 0.25) is 0 Å². The molecule has 0 saturated heterocycles. The molecule has 0 spiro atoms. The highest BCUT2D eigenvalue weighted by atomic mass is 35.5. The van der Waals surface area contributed by atoms with Gasteiger partial charge in [-0.15, -0.1) is 0 Å². The van der Waals surface area contributed by atoms with Gasteiger partial charge in [0.1, 0.15) is 11.3 Å². The fourth-order valence-electron chi connectivity index (χ4n) is 2.88. The molecule has 0 unspecified atom stereocenters. The highest BCUT2D eigenvalue weighted by Crippen LogP contribution is 2.36. The Balaban J connectivity index is 2.29. The minimum Gasteiger partial charge on any atom is -0.459 e. The molecule has 0 atom stereocenters. The van der Waals surface area contributed by atoms with Crippen LogP contribution in [-0.4, -0.2) is 6.54 Å². The normalized spacial score (nSPS) is 11.6. The summed E-state index contributed by atoms with van der Waals surface area (Å²) in [5.74, 6) is 1.04. The first-order valence-corrected chi connectivity index (χ1v) is 7.96. The summed E-state index contributed by atoms with van der Waals surface area (Å²) in [5, 5.41) is 7.47. The number of furan rings is 1. The Morgan fingerprint density at radius 1 is 1.10 bits per heavy atom. The quantitative estimate of drug-likeness (QED) is 0.691. The van der Waals surface area contributed by atoms with Crippen molar-refractivity contribution < 1.29 is 4.42 Å². The van der Waals surface area contributed by atoms with Gasteiger partial charge in [-0.05, 0) is 19.0 Å². The van der Waals surface area contributed by atoms with Crippen molar-refractivity contribution in [3.05, 3.63) is 46.7 Å². The molecule has 0 aliphatic rings. The monoisotopic (exact) mass is 301 g/mol. The lowest BCUT2D eigenvalue weighted by atomic mass is 10.0. The second-order valence-corrected chi connectivity index (χ2v) is 5.72. The number of rotatable bonds is 5. The molecule has 21 heavy (non-hydrogen) atoms. The van der Waals surface area contributed by atoms with Crippen LogP contribution in [0.4, 0.5) is 0 Å². The summed E-state index contributed by atoms with van der Waals surface area (Å²) in [6.07, 6.45) is 2.11. The Labute approximate surface area is 130 Å². The van der Waals surface area contributed by atoms with Crippen LogP contribution >= 0.6 is 11.6 Å². The summed E-state index contributed by atoms with van der Waals surface area (Å²) in [7, 11) is 0. The fourth-order valence-corrected chi connectivity index (χ4v) is 3.15. The van der Waals surface area contributed by atoms with Gasteiger partial charge < -0.3 is 9.73 Å². The van der Waals surface area contributed by atoms with Gasteiger partial charge in [-0.3, -0.25) is 0 Å². The molecule has 2 nitrogen and oxygen atoms in total. The second kappa shape index (κ2) is 6.08. The maximum atomic E-state index is 6.46. The maximum Gasteiger partial charge on any atom is 0.142 e. The number of hydrogen-bond donors (Lipinski definition) is 1. The Morgan fingerprint density at radius 3 is 2.57 bits per heavy atom. The lowest BCUT2D eigenvalue weighted by Crippen LogP contribution is -2.12. The van der Waals surface area contributed by atoms with E-state index in [9.17, 15) is 0 Å². The van der Waals surface area contributed by atoms with Crippen molar-refractivity contribution in [2.75, 3.05) is 6.54 Å². The van der Waals surface area contributed by atoms with Crippen LogP contribution in [0.15, 0.2) is 34.7 Å². The van der Waals surface area contributed by atoms with E-state index < -0.39 is 0 Å². The Hall–Kier alpha value is -1.51. The van der Waals surface area contributed by atoms with E-state index in [0.29, 0.717) is 0 Å². The summed E-state index contributed by atoms with van der Waals surface area (Å²) < 4.78 is 6.20. The second-order valence-electron chi connectivity index (χ2n) is 5.31. The molecule has 0 fully saturated rings. The molecule has 0 bridgehead atoms. The summed E-state index contributed by atoms with van der Waals surface area (Å²) in [5.41, 5.74) is 2.26. The van der Waals surface area contributed by atoms with Crippen molar-refractivity contribution >= 4 is 33.3 Å². The molecule has 0 saturated carbocycles. The third-order valence-electron chi connectivity index (χ3n) is 3.87. The number of hydrogen-bond acceptors (Lipinski definition) is 2. The molecule has 0 aliphatic heterocycles. The summed E-state index contributed by atoms with van der Waals surface area (Å²) in [6.45, 7) is 6.00. The van der Waals surface area contributed by atoms with Crippen LogP contribution < -0.4 is 5.32 Å². The topological polar surface area (TPSA) is 25.2 Å². The zero-order valence-corrected chi connectivity index (χ0v) is 13.3. The molecule has 1 aromatic heterocycles. The van der Waals surface area contributed by atoms with Crippen LogP contribution in [0.3, 0.4) is 0 Å². The zero-order chi connectivity index (χ0) is 14.8. The molecule has 3 aromatic rings. The van der Waals surface area contributed by atoms with Crippen molar-refractivity contribution in [3.63, 3.8) is 0 Å². The molecular formula is C18H20ClNO. The van der Waals surface area contributed by atoms with Crippen LogP contribution in [-0.2, 0) is 13.0 Å². The van der Waals surface area contributed by atoms with Crippen molar-refractivity contribution in [1.29, 1.82) is 0 Å². The van der Waals surface area contributed by atoms with E-state index in [-0.39, 0.29) is 0 Å². The highest BCUT2D eigenvalue weighted by Gasteiger charge is 2.16. The predicted octanol–water partition coefficient (Wildman–Crippen LogP) is 5.30. The first kappa shape index (κ1) is 14.4. The molecule has 3 rings (SSSR count). The average Bonchev–Trinajstić information content (AvgIpc) is 2.84. The molecule has 3 heteroatoms. The van der Waals surface area contributed by atoms with Crippen LogP contribution in [0.2, 0.25) is 5.02 Å². The summed E-state index contributed by atoms with van der Waals surface area (Å²) in [6, 6.07) is 10.2. The number of benzene rings is 2. The van der Waals surface area contributed by atoms with Crippen molar-refractivity contribution in [2.45, 2.75) is 33.2 Å². The van der Waals surface area contributed by atoms with Crippen molar-refractivity contribution in [3.8, 4) is 0 Å². The molecule has 1 heterocycles. The lowest BCUT2D eigenvalue weighted by Gasteiger charge is -2.03. The van der Waals surface area contributed by atoms with Crippen LogP contribution in [0.5, 0.6) is 0 Å². The van der Waals surface area contributed by atoms with E-state index in [1.807, 2.05) is 18.2 Å². The van der Waals surface area contributed by atoms with Gasteiger partial charge in [0.15, 0.2) is 0 Å². The summed E-state index contributed by atoms with van der Waals surface area (Å²) >= 11 is 6.46. The van der Waals surface area contributed by atoms with E-state index in [2.05, 4.69) is 31.3 Å². The molecule has 2 aromatic carbocycles. The average molecular weight is 302 g/mol. The van der Waals surface area contributed by atoms with Crippen LogP contribution in [0.25, 0.3) is 21.7 Å². The zero-order valence-electron chi connectivity index (χ0n) is 12.5. The minimum absolute atomic E-state index is 0.770. The number of aryl methyl sites for hydroxylation is 1. The maximum absolute atomic E-state index is 6.46. The Morgan fingerprint density at radius 2 is 1.86 bits per heavy atom. The van der Waals surface area contributed by atoms with Gasteiger partial charge in [0.25, 0.3) is 0 Å². The Bertz CT molecular complexity index is 776. The standard InChI is InChI=1S/C18H20ClNO/c1-3-7-13-15-10-16(19)12-8-5-6-9-14(12)18(15)21-17(13)11-20-4-2/h5-6,8-10,20H,3-4,7,11H2,1-2H3. The molecule has 110 valence electrons. The molecule has 0 radical (unpaired) electrons. The van der Waals surface area contributed by atoms with Crippen molar-refractivity contribution in [1.82, 2.24) is 5.32 Å². The summed E-state index contributed by atoms with van der Waals surface area (Å²) in [4.78, 5) is 0. The first-order valence-electron chi connectivity index (χ1n) is 7.58. The van der Waals surface area contributed by atoms with E-state index in [0.717, 1.165) is 58.5 Å². The number of nitrogens with one attached hydrogen (secondary N) is 1. The predicted molar refractivity (Wildman–Crippen MR) is 90.1 cm³/mol. The largest absolute Gasteiger partial charge is 0.459 e. The van der Waals surface area contributed by atoms with E-state index in [4.69, 9.17) is 16.0 Å². The Kier molecular flexibility index (Phi) is 4.18. The molecular weight excluding hydrogens is 282 g/mol. The van der Waals surface area contributed by atoms with Gasteiger partial charge in [-0.1, -0.05) is 56.1 Å². The smallest absolute Gasteiger partial charge is 0.142 e. The van der Waals surface area contributed by atoms with Gasteiger partial charge in [0.05, 0.1) is 6.54 Å². The van der Waals surface area contributed by atoms with Gasteiger partial charge in [-0.2, -0.15) is 0 Å². The lowest BCUT2D eigenvalue weighted by molar-refractivity contribution is 0.514. The molecule has 0 aliphatic carbocycles. The third kappa shape index (κ3) is 2.54. The first-order chi connectivity index (χ1) is 10.3. The van der Waals surface area contributed by atoms with E-state index in [1.54, 1.807) is 0 Å². The van der Waals surface area contributed by atoms with Crippen molar-refractivity contribution in [2.24, 2.45) is 0 Å². The SMILES string of the molecule is CCCc1c(CNCC)oc2c1cc(Cl)c1ccccc12. The van der Waals surface area contributed by atoms with Gasteiger partial charge in [0, 0.05) is 26.7 Å². The van der Waals surface area contributed by atoms with Gasteiger partial charge in [-0.25, -0.2) is 0 Å². The van der Waals surface area contributed by atoms with Crippen LogP contribution in [0, 0.1) is 0 Å². The van der Waals surface area contributed by atoms with E-state index in [1.165, 1.54) is 5.56 Å².